The standard InChI is InChI=1S/C25H23F3N6O2/c1-16-13-34(15-30-16)20-8-7-18(11-21(20)35-2)31-24-29-12-22-23(32-24)33(9-10-36-22)14-17-5-3-4-6-19(17)25(26,27)28/h3-8,11-13,15H,9-10,14H2,1-2H3,(H,29,31,32). The predicted octanol–water partition coefficient (Wildman–Crippen LogP) is 5.14. The average molecular weight is 496 g/mol. The van der Waals surface area contributed by atoms with Gasteiger partial charge in [0, 0.05) is 24.5 Å². The molecule has 3 heterocycles. The van der Waals surface area contributed by atoms with Gasteiger partial charge in [-0.1, -0.05) is 18.2 Å². The Balaban J connectivity index is 1.41. The van der Waals surface area contributed by atoms with Crippen molar-refractivity contribution in [2.75, 3.05) is 30.5 Å². The van der Waals surface area contributed by atoms with E-state index >= 15 is 0 Å². The maximum Gasteiger partial charge on any atom is 0.416 e. The Bertz CT molecular complexity index is 1390. The number of anilines is 3. The van der Waals surface area contributed by atoms with Gasteiger partial charge in [-0.25, -0.2) is 9.97 Å². The molecule has 11 heteroatoms. The molecule has 0 spiro atoms. The van der Waals surface area contributed by atoms with E-state index in [0.29, 0.717) is 36.2 Å². The lowest BCUT2D eigenvalue weighted by Crippen LogP contribution is -2.34. The van der Waals surface area contributed by atoms with E-state index < -0.39 is 11.7 Å². The van der Waals surface area contributed by atoms with Crippen molar-refractivity contribution >= 4 is 17.5 Å². The normalized spacial score (nSPS) is 13.2. The van der Waals surface area contributed by atoms with E-state index in [0.717, 1.165) is 17.4 Å². The Morgan fingerprint density at radius 3 is 2.72 bits per heavy atom. The molecule has 5 rings (SSSR count). The molecule has 2 aromatic heterocycles. The van der Waals surface area contributed by atoms with Crippen LogP contribution in [0.1, 0.15) is 16.8 Å². The minimum atomic E-state index is -4.44. The van der Waals surface area contributed by atoms with E-state index in [1.54, 1.807) is 30.5 Å². The quantitative estimate of drug-likeness (QED) is 0.396. The van der Waals surface area contributed by atoms with E-state index in [1.165, 1.54) is 18.3 Å². The minimum absolute atomic E-state index is 0.0370. The molecule has 0 aliphatic carbocycles. The third-order valence-corrected chi connectivity index (χ3v) is 5.76. The molecular weight excluding hydrogens is 473 g/mol. The summed E-state index contributed by atoms with van der Waals surface area (Å²) in [5.41, 5.74) is 1.88. The first-order chi connectivity index (χ1) is 17.3. The summed E-state index contributed by atoms with van der Waals surface area (Å²) in [7, 11) is 1.58. The summed E-state index contributed by atoms with van der Waals surface area (Å²) < 4.78 is 53.6. The molecule has 0 bridgehead atoms. The number of halogens is 3. The Morgan fingerprint density at radius 1 is 1.14 bits per heavy atom. The minimum Gasteiger partial charge on any atom is -0.494 e. The number of hydrogen-bond donors (Lipinski definition) is 1. The zero-order chi connectivity index (χ0) is 25.3. The van der Waals surface area contributed by atoms with Gasteiger partial charge in [-0.15, -0.1) is 0 Å². The SMILES string of the molecule is COc1cc(Nc2ncc3c(n2)N(Cc2ccccc2C(F)(F)F)CCO3)ccc1-n1cnc(C)c1. The van der Waals surface area contributed by atoms with Crippen LogP contribution in [0, 0.1) is 6.92 Å². The highest BCUT2D eigenvalue weighted by molar-refractivity contribution is 5.64. The first kappa shape index (κ1) is 23.5. The number of fused-ring (bicyclic) bond motifs is 1. The number of alkyl halides is 3. The van der Waals surface area contributed by atoms with Crippen LogP contribution in [-0.4, -0.2) is 39.8 Å². The zero-order valence-electron chi connectivity index (χ0n) is 19.6. The molecule has 0 atom stereocenters. The number of ether oxygens (including phenoxy) is 2. The highest BCUT2D eigenvalue weighted by Gasteiger charge is 2.34. The lowest BCUT2D eigenvalue weighted by molar-refractivity contribution is -0.138. The van der Waals surface area contributed by atoms with Gasteiger partial charge < -0.3 is 24.3 Å². The number of methoxy groups -OCH3 is 1. The van der Waals surface area contributed by atoms with Gasteiger partial charge in [0.2, 0.25) is 5.95 Å². The number of nitrogens with one attached hydrogen (secondary N) is 1. The second kappa shape index (κ2) is 9.40. The van der Waals surface area contributed by atoms with Gasteiger partial charge in [0.1, 0.15) is 12.4 Å². The monoisotopic (exact) mass is 496 g/mol. The summed E-state index contributed by atoms with van der Waals surface area (Å²) in [6, 6.07) is 11.1. The topological polar surface area (TPSA) is 77.3 Å². The van der Waals surface area contributed by atoms with Gasteiger partial charge in [-0.3, -0.25) is 0 Å². The lowest BCUT2D eigenvalue weighted by Gasteiger charge is -2.30. The molecular formula is C25H23F3N6O2. The maximum absolute atomic E-state index is 13.5. The number of rotatable bonds is 6. The maximum atomic E-state index is 13.5. The van der Waals surface area contributed by atoms with E-state index in [2.05, 4.69) is 20.3 Å². The first-order valence-electron chi connectivity index (χ1n) is 11.2. The summed E-state index contributed by atoms with van der Waals surface area (Å²) in [6.07, 6.45) is 0.679. The number of aryl methyl sites for hydroxylation is 1. The van der Waals surface area contributed by atoms with Crippen molar-refractivity contribution in [3.05, 3.63) is 78.0 Å². The van der Waals surface area contributed by atoms with Gasteiger partial charge in [0.05, 0.1) is 43.1 Å². The highest BCUT2D eigenvalue weighted by atomic mass is 19.4. The van der Waals surface area contributed by atoms with Crippen LogP contribution in [0.25, 0.3) is 5.69 Å². The highest BCUT2D eigenvalue weighted by Crippen LogP contribution is 2.36. The molecule has 0 amide bonds. The van der Waals surface area contributed by atoms with Crippen molar-refractivity contribution in [2.24, 2.45) is 0 Å². The van der Waals surface area contributed by atoms with Crippen LogP contribution in [0.15, 0.2) is 61.2 Å². The van der Waals surface area contributed by atoms with Crippen LogP contribution in [0.2, 0.25) is 0 Å². The van der Waals surface area contributed by atoms with Crippen molar-refractivity contribution in [3.8, 4) is 17.2 Å². The summed E-state index contributed by atoms with van der Waals surface area (Å²) in [4.78, 5) is 14.9. The third-order valence-electron chi connectivity index (χ3n) is 5.76. The van der Waals surface area contributed by atoms with Crippen LogP contribution >= 0.6 is 0 Å². The van der Waals surface area contributed by atoms with Crippen LogP contribution in [-0.2, 0) is 12.7 Å². The predicted molar refractivity (Wildman–Crippen MR) is 128 cm³/mol. The van der Waals surface area contributed by atoms with E-state index in [-0.39, 0.29) is 18.1 Å². The third kappa shape index (κ3) is 4.77. The molecule has 0 saturated carbocycles. The fourth-order valence-electron chi connectivity index (χ4n) is 4.07. The molecule has 4 aromatic rings. The molecule has 1 aliphatic heterocycles. The van der Waals surface area contributed by atoms with E-state index in [1.807, 2.05) is 29.8 Å². The molecule has 8 nitrogen and oxygen atoms in total. The fourth-order valence-corrected chi connectivity index (χ4v) is 4.07. The molecule has 0 fully saturated rings. The molecule has 186 valence electrons. The molecule has 0 unspecified atom stereocenters. The molecule has 0 saturated heterocycles. The van der Waals surface area contributed by atoms with Crippen LogP contribution in [0.3, 0.4) is 0 Å². The Hall–Kier alpha value is -4.28. The van der Waals surface area contributed by atoms with Crippen LogP contribution in [0.4, 0.5) is 30.6 Å². The van der Waals surface area contributed by atoms with Crippen molar-refractivity contribution in [1.82, 2.24) is 19.5 Å². The number of aromatic nitrogens is 4. The van der Waals surface area contributed by atoms with Crippen LogP contribution in [0.5, 0.6) is 11.5 Å². The number of hydrogen-bond acceptors (Lipinski definition) is 7. The van der Waals surface area contributed by atoms with Gasteiger partial charge in [0.15, 0.2) is 11.6 Å². The fraction of sp³-hybridized carbons (Fsp3) is 0.240. The van der Waals surface area contributed by atoms with Crippen molar-refractivity contribution in [2.45, 2.75) is 19.6 Å². The van der Waals surface area contributed by atoms with Gasteiger partial charge >= 0.3 is 6.18 Å². The Kier molecular flexibility index (Phi) is 6.13. The Labute approximate surface area is 205 Å². The number of nitrogens with zero attached hydrogens (tertiary/aromatic N) is 5. The van der Waals surface area contributed by atoms with E-state index in [9.17, 15) is 13.2 Å². The van der Waals surface area contributed by atoms with Crippen molar-refractivity contribution in [1.29, 1.82) is 0 Å². The summed E-state index contributed by atoms with van der Waals surface area (Å²) >= 11 is 0. The van der Waals surface area contributed by atoms with E-state index in [4.69, 9.17) is 9.47 Å². The largest absolute Gasteiger partial charge is 0.494 e. The van der Waals surface area contributed by atoms with Crippen molar-refractivity contribution < 1.29 is 22.6 Å². The van der Waals surface area contributed by atoms with Gasteiger partial charge in [-0.2, -0.15) is 18.2 Å². The molecule has 1 aliphatic rings. The van der Waals surface area contributed by atoms with Crippen molar-refractivity contribution in [3.63, 3.8) is 0 Å². The molecule has 1 N–H and O–H groups in total. The number of benzene rings is 2. The Morgan fingerprint density at radius 2 is 1.97 bits per heavy atom. The summed E-state index contributed by atoms with van der Waals surface area (Å²) in [5.74, 6) is 1.73. The second-order valence-corrected chi connectivity index (χ2v) is 8.24. The lowest BCUT2D eigenvalue weighted by atomic mass is 10.1. The average Bonchev–Trinajstić information content (AvgIpc) is 3.30. The van der Waals surface area contributed by atoms with Gasteiger partial charge in [0.25, 0.3) is 0 Å². The van der Waals surface area contributed by atoms with Crippen LogP contribution < -0.4 is 19.7 Å². The summed E-state index contributed by atoms with van der Waals surface area (Å²) in [5, 5.41) is 3.14. The smallest absolute Gasteiger partial charge is 0.416 e. The molecule has 0 radical (unpaired) electrons. The summed E-state index contributed by atoms with van der Waals surface area (Å²) in [6.45, 7) is 2.66. The molecule has 36 heavy (non-hydrogen) atoms. The van der Waals surface area contributed by atoms with Gasteiger partial charge in [-0.05, 0) is 30.7 Å². The molecule has 2 aromatic carbocycles. The number of imidazole rings is 1. The first-order valence-corrected chi connectivity index (χ1v) is 11.2. The zero-order valence-corrected chi connectivity index (χ0v) is 19.6. The second-order valence-electron chi connectivity index (χ2n) is 8.24.